The first-order valence-electron chi connectivity index (χ1n) is 6.77. The number of hydrogen-bond donors (Lipinski definition) is 1. The van der Waals surface area contributed by atoms with Gasteiger partial charge in [0, 0.05) is 11.1 Å². The van der Waals surface area contributed by atoms with Crippen LogP contribution >= 0.6 is 0 Å². The van der Waals surface area contributed by atoms with Crippen LogP contribution in [0.15, 0.2) is 11.2 Å². The molecule has 6 heteroatoms. The lowest BCUT2D eigenvalue weighted by Crippen LogP contribution is -2.39. The minimum atomic E-state index is -0.586. The van der Waals surface area contributed by atoms with Crippen LogP contribution in [-0.4, -0.2) is 32.9 Å². The van der Waals surface area contributed by atoms with Gasteiger partial charge in [0.05, 0.1) is 32.5 Å². The molecule has 0 spiro atoms. The third-order valence-corrected chi connectivity index (χ3v) is 4.36. The van der Waals surface area contributed by atoms with E-state index >= 15 is 0 Å². The molecule has 1 aliphatic carbocycles. The highest BCUT2D eigenvalue weighted by Crippen LogP contribution is 2.48. The van der Waals surface area contributed by atoms with E-state index in [1.165, 1.54) is 0 Å². The van der Waals surface area contributed by atoms with E-state index in [2.05, 4.69) is 10.5 Å². The third-order valence-electron chi connectivity index (χ3n) is 4.36. The number of ether oxygens (including phenoxy) is 3. The molecule has 0 saturated heterocycles. The molecule has 1 aromatic carbocycles. The predicted molar refractivity (Wildman–Crippen MR) is 77.2 cm³/mol. The van der Waals surface area contributed by atoms with E-state index in [0.717, 1.165) is 23.3 Å². The summed E-state index contributed by atoms with van der Waals surface area (Å²) in [5, 5.41) is 4.22. The van der Waals surface area contributed by atoms with E-state index in [9.17, 15) is 4.79 Å². The smallest absolute Gasteiger partial charge is 0.252 e. The van der Waals surface area contributed by atoms with Crippen molar-refractivity contribution < 1.29 is 19.0 Å². The van der Waals surface area contributed by atoms with E-state index in [0.29, 0.717) is 23.7 Å². The molecule has 112 valence electrons. The first-order valence-corrected chi connectivity index (χ1v) is 6.77. The molecule has 0 radical (unpaired) electrons. The molecule has 6 nitrogen and oxygen atoms in total. The van der Waals surface area contributed by atoms with Crippen LogP contribution in [0, 0.1) is 5.41 Å². The number of carbonyl (C=O) groups excluding carboxylic acids is 1. The molecule has 2 aliphatic rings. The maximum atomic E-state index is 12.1. The zero-order chi connectivity index (χ0) is 15.2. The zero-order valence-electron chi connectivity index (χ0n) is 12.6. The van der Waals surface area contributed by atoms with Crippen molar-refractivity contribution in [3.63, 3.8) is 0 Å². The van der Waals surface area contributed by atoms with Crippen molar-refractivity contribution in [3.05, 3.63) is 17.2 Å². The lowest BCUT2D eigenvalue weighted by atomic mass is 9.71. The number of fused-ring (bicyclic) bond motifs is 3. The van der Waals surface area contributed by atoms with Crippen LogP contribution < -0.4 is 19.6 Å². The fourth-order valence-electron chi connectivity index (χ4n) is 3.10. The summed E-state index contributed by atoms with van der Waals surface area (Å²) in [7, 11) is 4.76. The Balaban J connectivity index is 2.26. The number of nitrogens with zero attached hydrogens (tertiary/aromatic N) is 1. The zero-order valence-corrected chi connectivity index (χ0v) is 12.6. The highest BCUT2D eigenvalue weighted by Gasteiger charge is 2.47. The first kappa shape index (κ1) is 13.7. The molecule has 0 aromatic heterocycles. The largest absolute Gasteiger partial charge is 0.493 e. The number of hydrazone groups is 1. The molecule has 1 N–H and O–H groups in total. The lowest BCUT2D eigenvalue weighted by molar-refractivity contribution is -0.125. The van der Waals surface area contributed by atoms with E-state index in [1.54, 1.807) is 21.3 Å². The van der Waals surface area contributed by atoms with Gasteiger partial charge < -0.3 is 14.2 Å². The van der Waals surface area contributed by atoms with E-state index < -0.39 is 5.41 Å². The Bertz CT molecular complexity index is 654. The van der Waals surface area contributed by atoms with Crippen molar-refractivity contribution in [1.82, 2.24) is 5.43 Å². The number of carbonyl (C=O) groups is 1. The molecule has 1 aliphatic heterocycles. The Morgan fingerprint density at radius 1 is 1.19 bits per heavy atom. The van der Waals surface area contributed by atoms with Crippen molar-refractivity contribution in [2.45, 2.75) is 19.8 Å². The van der Waals surface area contributed by atoms with E-state index in [-0.39, 0.29) is 5.91 Å². The number of amides is 1. The van der Waals surface area contributed by atoms with E-state index in [4.69, 9.17) is 14.2 Å². The van der Waals surface area contributed by atoms with Gasteiger partial charge in [0.15, 0.2) is 11.5 Å². The first-order chi connectivity index (χ1) is 10.1. The maximum Gasteiger partial charge on any atom is 0.252 e. The van der Waals surface area contributed by atoms with Gasteiger partial charge in [0.25, 0.3) is 5.91 Å². The molecule has 1 atom stereocenters. The molecule has 21 heavy (non-hydrogen) atoms. The summed E-state index contributed by atoms with van der Waals surface area (Å²) in [6.45, 7) is 1.92. The normalized spacial score (nSPS) is 22.9. The fraction of sp³-hybridized carbons (Fsp3) is 0.467. The topological polar surface area (TPSA) is 69.2 Å². The van der Waals surface area contributed by atoms with Crippen molar-refractivity contribution in [2.24, 2.45) is 10.5 Å². The minimum absolute atomic E-state index is 0.0584. The highest BCUT2D eigenvalue weighted by molar-refractivity contribution is 6.21. The fourth-order valence-corrected chi connectivity index (χ4v) is 3.10. The van der Waals surface area contributed by atoms with E-state index in [1.807, 2.05) is 13.0 Å². The van der Waals surface area contributed by atoms with Crippen molar-refractivity contribution in [1.29, 1.82) is 0 Å². The van der Waals surface area contributed by atoms with Gasteiger partial charge in [0.1, 0.15) is 0 Å². The number of hydrogen-bond acceptors (Lipinski definition) is 5. The second-order valence-electron chi connectivity index (χ2n) is 5.40. The molecule has 0 unspecified atom stereocenters. The van der Waals surface area contributed by atoms with Crippen LogP contribution in [0.5, 0.6) is 17.2 Å². The predicted octanol–water partition coefficient (Wildman–Crippen LogP) is 1.50. The lowest BCUT2D eigenvalue weighted by Gasteiger charge is -2.31. The Morgan fingerprint density at radius 2 is 1.90 bits per heavy atom. The summed E-state index contributed by atoms with van der Waals surface area (Å²) in [5.74, 6) is 1.73. The van der Waals surface area contributed by atoms with Crippen LogP contribution in [0.2, 0.25) is 0 Å². The van der Waals surface area contributed by atoms with Gasteiger partial charge in [-0.15, -0.1) is 0 Å². The average Bonchev–Trinajstić information content (AvgIpc) is 2.81. The molecule has 1 heterocycles. The van der Waals surface area contributed by atoms with Crippen LogP contribution in [0.1, 0.15) is 24.5 Å². The Morgan fingerprint density at radius 3 is 2.52 bits per heavy atom. The number of nitrogens with one attached hydrogen (secondary N) is 1. The minimum Gasteiger partial charge on any atom is -0.493 e. The molecule has 3 rings (SSSR count). The molecule has 0 fully saturated rings. The van der Waals surface area contributed by atoms with Crippen LogP contribution in [0.25, 0.3) is 0 Å². The Hall–Kier alpha value is -2.24. The summed E-state index contributed by atoms with van der Waals surface area (Å²) >= 11 is 0. The Kier molecular flexibility index (Phi) is 3.04. The second-order valence-corrected chi connectivity index (χ2v) is 5.40. The summed E-state index contributed by atoms with van der Waals surface area (Å²) < 4.78 is 16.3. The standard InChI is InChI=1S/C15H18N2O4/c1-15-6-5-8-9(13(15)16-17-14(15)18)7-10(19-2)12(21-4)11(8)20-3/h7H,5-6H2,1-4H3,(H,17,18)/t15-/m1/s1. The number of benzene rings is 1. The van der Waals surface area contributed by atoms with Crippen molar-refractivity contribution in [2.75, 3.05) is 21.3 Å². The molecular weight excluding hydrogens is 272 g/mol. The van der Waals surface area contributed by atoms with Gasteiger partial charge in [-0.1, -0.05) is 0 Å². The maximum absolute atomic E-state index is 12.1. The molecule has 1 aromatic rings. The van der Waals surface area contributed by atoms with Gasteiger partial charge in [-0.05, 0) is 25.8 Å². The van der Waals surface area contributed by atoms with Gasteiger partial charge in [-0.2, -0.15) is 5.10 Å². The summed E-state index contributed by atoms with van der Waals surface area (Å²) in [5.41, 5.74) is 4.63. The number of methoxy groups -OCH3 is 3. The van der Waals surface area contributed by atoms with Crippen molar-refractivity contribution in [3.8, 4) is 17.2 Å². The van der Waals surface area contributed by atoms with Gasteiger partial charge in [-0.25, -0.2) is 5.43 Å². The summed E-state index contributed by atoms with van der Waals surface area (Å²) in [4.78, 5) is 12.1. The third kappa shape index (κ3) is 1.71. The van der Waals surface area contributed by atoms with Crippen molar-refractivity contribution >= 4 is 11.6 Å². The Labute approximate surface area is 123 Å². The SMILES string of the molecule is COc1cc2c(c(OC)c1OC)CC[C@@]1(C)C(=O)NN=C21. The summed E-state index contributed by atoms with van der Waals surface area (Å²) in [6, 6.07) is 1.87. The van der Waals surface area contributed by atoms with Gasteiger partial charge in [0.2, 0.25) is 5.75 Å². The van der Waals surface area contributed by atoms with Crippen LogP contribution in [0.4, 0.5) is 0 Å². The van der Waals surface area contributed by atoms with Crippen LogP contribution in [-0.2, 0) is 11.2 Å². The monoisotopic (exact) mass is 290 g/mol. The average molecular weight is 290 g/mol. The molecular formula is C15H18N2O4. The molecule has 0 saturated carbocycles. The molecule has 0 bridgehead atoms. The van der Waals surface area contributed by atoms with Crippen LogP contribution in [0.3, 0.4) is 0 Å². The van der Waals surface area contributed by atoms with Gasteiger partial charge in [-0.3, -0.25) is 4.79 Å². The molecule has 1 amide bonds. The highest BCUT2D eigenvalue weighted by atomic mass is 16.5. The summed E-state index contributed by atoms with van der Waals surface area (Å²) in [6.07, 6.45) is 1.41. The van der Waals surface area contributed by atoms with Gasteiger partial charge >= 0.3 is 0 Å². The quantitative estimate of drug-likeness (QED) is 0.916. The second kappa shape index (κ2) is 4.65. The number of rotatable bonds is 3.